The summed E-state index contributed by atoms with van der Waals surface area (Å²) < 4.78 is 65.0. The number of aryl methyl sites for hydroxylation is 1. The molecule has 3 heterocycles. The van der Waals surface area contributed by atoms with Gasteiger partial charge in [-0.1, -0.05) is 12.1 Å². The summed E-state index contributed by atoms with van der Waals surface area (Å²) in [6.45, 7) is 2.36. The zero-order chi connectivity index (χ0) is 26.9. The maximum atomic E-state index is 15.0. The Bertz CT molecular complexity index is 1450. The zero-order valence-corrected chi connectivity index (χ0v) is 20.3. The average molecular weight is 529 g/mol. The summed E-state index contributed by atoms with van der Waals surface area (Å²) in [5.41, 5.74) is 3.07. The van der Waals surface area contributed by atoms with E-state index in [0.717, 1.165) is 5.69 Å². The molecule has 0 aliphatic carbocycles. The molecular formula is C27H24F4N4O3. The number of carbonyl (C=O) groups excluding carboxylic acids is 1. The second kappa shape index (κ2) is 10.2. The van der Waals surface area contributed by atoms with Crippen LogP contribution in [0.4, 0.5) is 17.6 Å². The van der Waals surface area contributed by atoms with E-state index in [4.69, 9.17) is 4.74 Å². The Hall–Kier alpha value is -4.28. The number of fused-ring (bicyclic) bond motifs is 1. The SMILES string of the molecule is CCOc1ccc(-c2c(-c3cccc(OC(F)(F)F)c3)cc3n2C(CCc2cnc[nH]2)CNC3=O)cc1F. The van der Waals surface area contributed by atoms with Crippen LogP contribution in [0.1, 0.15) is 35.6 Å². The number of H-pyrrole nitrogens is 1. The molecule has 1 aliphatic heterocycles. The molecule has 2 aromatic carbocycles. The van der Waals surface area contributed by atoms with Crippen LogP contribution in [-0.2, 0) is 6.42 Å². The van der Waals surface area contributed by atoms with Crippen molar-refractivity contribution in [3.05, 3.63) is 78.3 Å². The van der Waals surface area contributed by atoms with Crippen molar-refractivity contribution in [3.8, 4) is 33.9 Å². The van der Waals surface area contributed by atoms with E-state index in [-0.39, 0.29) is 24.3 Å². The molecule has 11 heteroatoms. The van der Waals surface area contributed by atoms with Gasteiger partial charge in [-0.2, -0.15) is 0 Å². The normalized spacial score (nSPS) is 15.2. The summed E-state index contributed by atoms with van der Waals surface area (Å²) in [6.07, 6.45) is -0.302. The van der Waals surface area contributed by atoms with Gasteiger partial charge in [0.1, 0.15) is 11.4 Å². The van der Waals surface area contributed by atoms with Gasteiger partial charge in [0.15, 0.2) is 11.6 Å². The van der Waals surface area contributed by atoms with Gasteiger partial charge in [-0.15, -0.1) is 13.2 Å². The van der Waals surface area contributed by atoms with Crippen LogP contribution >= 0.6 is 0 Å². The Balaban J connectivity index is 1.66. The van der Waals surface area contributed by atoms with Crippen molar-refractivity contribution >= 4 is 5.91 Å². The monoisotopic (exact) mass is 528 g/mol. The molecule has 2 aromatic heterocycles. The number of nitrogens with zero attached hydrogens (tertiary/aromatic N) is 2. The van der Waals surface area contributed by atoms with E-state index in [9.17, 15) is 22.4 Å². The summed E-state index contributed by atoms with van der Waals surface area (Å²) >= 11 is 0. The van der Waals surface area contributed by atoms with Gasteiger partial charge >= 0.3 is 6.36 Å². The van der Waals surface area contributed by atoms with Crippen molar-refractivity contribution in [3.63, 3.8) is 0 Å². The molecule has 198 valence electrons. The number of imidazole rings is 1. The van der Waals surface area contributed by atoms with E-state index in [1.165, 1.54) is 30.3 Å². The van der Waals surface area contributed by atoms with Gasteiger partial charge in [0, 0.05) is 29.6 Å². The largest absolute Gasteiger partial charge is 0.573 e. The molecule has 0 radical (unpaired) electrons. The number of amides is 1. The van der Waals surface area contributed by atoms with Gasteiger partial charge < -0.3 is 24.3 Å². The Labute approximate surface area is 215 Å². The van der Waals surface area contributed by atoms with Crippen molar-refractivity contribution < 1.29 is 31.8 Å². The molecule has 1 aliphatic rings. The molecule has 0 spiro atoms. The molecule has 38 heavy (non-hydrogen) atoms. The van der Waals surface area contributed by atoms with Gasteiger partial charge in [-0.25, -0.2) is 9.37 Å². The topological polar surface area (TPSA) is 81.2 Å². The van der Waals surface area contributed by atoms with E-state index < -0.39 is 17.9 Å². The number of ether oxygens (including phenoxy) is 2. The molecule has 1 atom stereocenters. The predicted molar refractivity (Wildman–Crippen MR) is 131 cm³/mol. The quantitative estimate of drug-likeness (QED) is 0.279. The molecule has 7 nitrogen and oxygen atoms in total. The number of halogens is 4. The number of aromatic nitrogens is 3. The number of aromatic amines is 1. The summed E-state index contributed by atoms with van der Waals surface area (Å²) in [5.74, 6) is -1.24. The second-order valence-corrected chi connectivity index (χ2v) is 8.80. The highest BCUT2D eigenvalue weighted by Gasteiger charge is 2.33. The van der Waals surface area contributed by atoms with Crippen LogP contribution < -0.4 is 14.8 Å². The van der Waals surface area contributed by atoms with Crippen molar-refractivity contribution in [2.24, 2.45) is 0 Å². The minimum absolute atomic E-state index is 0.0809. The van der Waals surface area contributed by atoms with Crippen LogP contribution in [0.3, 0.4) is 0 Å². The minimum atomic E-state index is -4.86. The molecule has 1 unspecified atom stereocenters. The fourth-order valence-electron chi connectivity index (χ4n) is 4.74. The van der Waals surface area contributed by atoms with E-state index in [0.29, 0.717) is 47.5 Å². The van der Waals surface area contributed by atoms with E-state index >= 15 is 0 Å². The summed E-state index contributed by atoms with van der Waals surface area (Å²) in [7, 11) is 0. The van der Waals surface area contributed by atoms with Crippen molar-refractivity contribution in [1.82, 2.24) is 19.9 Å². The van der Waals surface area contributed by atoms with Gasteiger partial charge in [-0.05, 0) is 61.7 Å². The number of benzene rings is 2. The lowest BCUT2D eigenvalue weighted by Gasteiger charge is -2.29. The summed E-state index contributed by atoms with van der Waals surface area (Å²) in [4.78, 5) is 20.0. The van der Waals surface area contributed by atoms with E-state index in [1.807, 2.05) is 4.57 Å². The average Bonchev–Trinajstić information content (AvgIpc) is 3.53. The van der Waals surface area contributed by atoms with E-state index in [1.54, 1.807) is 37.6 Å². The standard InChI is InChI=1S/C27H24F4N4O3/c1-2-37-24-9-6-17(11-22(24)28)25-21(16-4-3-5-20(10-16)38-27(29,30)31)12-23-26(36)33-14-19(35(23)25)8-7-18-13-32-15-34-18/h3-6,9-13,15,19H,2,7-8,14H2,1H3,(H,32,34)(H,33,36). The number of nitrogens with one attached hydrogen (secondary N) is 2. The number of rotatable bonds is 8. The molecule has 0 bridgehead atoms. The van der Waals surface area contributed by atoms with Crippen LogP contribution in [0.25, 0.3) is 22.4 Å². The Morgan fingerprint density at radius 3 is 2.68 bits per heavy atom. The van der Waals surface area contributed by atoms with Gasteiger partial charge in [0.2, 0.25) is 0 Å². The first-order chi connectivity index (χ1) is 18.2. The third-order valence-corrected chi connectivity index (χ3v) is 6.32. The van der Waals surface area contributed by atoms with Crippen LogP contribution in [0.15, 0.2) is 61.1 Å². The molecular weight excluding hydrogens is 504 g/mol. The van der Waals surface area contributed by atoms with Crippen molar-refractivity contribution in [2.45, 2.75) is 32.2 Å². The third-order valence-electron chi connectivity index (χ3n) is 6.32. The molecule has 0 saturated carbocycles. The lowest BCUT2D eigenvalue weighted by Crippen LogP contribution is -2.39. The number of carbonyl (C=O) groups is 1. The molecule has 5 rings (SSSR count). The number of hydrogen-bond acceptors (Lipinski definition) is 4. The fourth-order valence-corrected chi connectivity index (χ4v) is 4.74. The second-order valence-electron chi connectivity index (χ2n) is 8.80. The van der Waals surface area contributed by atoms with Crippen LogP contribution in [0.5, 0.6) is 11.5 Å². The predicted octanol–water partition coefficient (Wildman–Crippen LogP) is 5.90. The zero-order valence-electron chi connectivity index (χ0n) is 20.3. The van der Waals surface area contributed by atoms with Gasteiger partial charge in [0.05, 0.1) is 24.7 Å². The van der Waals surface area contributed by atoms with Gasteiger partial charge in [-0.3, -0.25) is 4.79 Å². The first-order valence-corrected chi connectivity index (χ1v) is 12.0. The molecule has 0 saturated heterocycles. The summed E-state index contributed by atoms with van der Waals surface area (Å²) in [5, 5.41) is 2.89. The first-order valence-electron chi connectivity index (χ1n) is 12.0. The Kier molecular flexibility index (Phi) is 6.83. The van der Waals surface area contributed by atoms with E-state index in [2.05, 4.69) is 20.0 Å². The summed E-state index contributed by atoms with van der Waals surface area (Å²) in [6, 6.07) is 11.4. The number of alkyl halides is 3. The third kappa shape index (κ3) is 5.22. The fraction of sp³-hybridized carbons (Fsp3) is 0.259. The molecule has 1 amide bonds. The minimum Gasteiger partial charge on any atom is -0.491 e. The van der Waals surface area contributed by atoms with Crippen LogP contribution in [-0.4, -0.2) is 40.0 Å². The number of hydrogen-bond donors (Lipinski definition) is 2. The van der Waals surface area contributed by atoms with Crippen LogP contribution in [0, 0.1) is 5.82 Å². The van der Waals surface area contributed by atoms with Crippen molar-refractivity contribution in [1.29, 1.82) is 0 Å². The highest BCUT2D eigenvalue weighted by Crippen LogP contribution is 2.41. The molecule has 2 N–H and O–H groups in total. The highest BCUT2D eigenvalue weighted by atomic mass is 19.4. The lowest BCUT2D eigenvalue weighted by atomic mass is 10.00. The van der Waals surface area contributed by atoms with Crippen LogP contribution in [0.2, 0.25) is 0 Å². The first kappa shape index (κ1) is 25.4. The lowest BCUT2D eigenvalue weighted by molar-refractivity contribution is -0.274. The Morgan fingerprint density at radius 1 is 1.13 bits per heavy atom. The van der Waals surface area contributed by atoms with Crippen molar-refractivity contribution in [2.75, 3.05) is 13.2 Å². The smallest absolute Gasteiger partial charge is 0.491 e. The molecule has 0 fully saturated rings. The highest BCUT2D eigenvalue weighted by molar-refractivity contribution is 5.98. The Morgan fingerprint density at radius 2 is 1.97 bits per heavy atom. The molecule has 4 aromatic rings. The van der Waals surface area contributed by atoms with Gasteiger partial charge in [0.25, 0.3) is 5.91 Å². The maximum Gasteiger partial charge on any atom is 0.573 e. The maximum absolute atomic E-state index is 15.0.